The van der Waals surface area contributed by atoms with Crippen molar-refractivity contribution < 1.29 is 20.1 Å². The van der Waals surface area contributed by atoms with Gasteiger partial charge in [-0.1, -0.05) is 6.92 Å². The minimum absolute atomic E-state index is 0.0532. The summed E-state index contributed by atoms with van der Waals surface area (Å²) in [5.41, 5.74) is -0.526. The fourth-order valence-electron chi connectivity index (χ4n) is 1.15. The minimum Gasteiger partial charge on any atom is -0.396 e. The molecule has 0 aromatic carbocycles. The van der Waals surface area contributed by atoms with Crippen molar-refractivity contribution in [1.29, 1.82) is 0 Å². The number of hydrogen-bond acceptors (Lipinski definition) is 5. The molecule has 4 N–H and O–H groups in total. The molecule has 0 aliphatic heterocycles. The zero-order valence-electron chi connectivity index (χ0n) is 9.57. The molecule has 5 heteroatoms. The van der Waals surface area contributed by atoms with Gasteiger partial charge >= 0.3 is 0 Å². The molecular weight excluding hydrogens is 198 g/mol. The summed E-state index contributed by atoms with van der Waals surface area (Å²) < 4.78 is 4.99. The van der Waals surface area contributed by atoms with Gasteiger partial charge in [-0.05, 0) is 6.42 Å². The van der Waals surface area contributed by atoms with Crippen molar-refractivity contribution in [2.75, 3.05) is 40.1 Å². The number of methoxy groups -OCH3 is 1. The van der Waals surface area contributed by atoms with E-state index in [0.717, 1.165) is 0 Å². The predicted octanol–water partition coefficient (Wildman–Crippen LogP) is -1.04. The highest BCUT2D eigenvalue weighted by Gasteiger charge is 2.23. The van der Waals surface area contributed by atoms with Gasteiger partial charge in [-0.15, -0.1) is 0 Å². The number of ether oxygens (including phenoxy) is 1. The first kappa shape index (κ1) is 14.8. The molecule has 15 heavy (non-hydrogen) atoms. The summed E-state index contributed by atoms with van der Waals surface area (Å²) in [6.07, 6.45) is 0.598. The number of hydrogen-bond donors (Lipinski definition) is 4. The Morgan fingerprint density at radius 1 is 1.27 bits per heavy atom. The van der Waals surface area contributed by atoms with Crippen LogP contribution >= 0.6 is 0 Å². The SMILES string of the molecule is COCC(CCO)NCC(C)(CO)CO. The normalized spacial score (nSPS) is 14.2. The second-order valence-corrected chi connectivity index (χ2v) is 4.17. The van der Waals surface area contributed by atoms with E-state index >= 15 is 0 Å². The van der Waals surface area contributed by atoms with Crippen LogP contribution in [0.15, 0.2) is 0 Å². The van der Waals surface area contributed by atoms with E-state index < -0.39 is 5.41 Å². The van der Waals surface area contributed by atoms with Gasteiger partial charge in [0, 0.05) is 31.7 Å². The maximum atomic E-state index is 9.08. The number of rotatable bonds is 9. The maximum absolute atomic E-state index is 9.08. The van der Waals surface area contributed by atoms with E-state index in [2.05, 4.69) is 5.32 Å². The van der Waals surface area contributed by atoms with Gasteiger partial charge in [0.15, 0.2) is 0 Å². The van der Waals surface area contributed by atoms with Crippen molar-refractivity contribution in [3.05, 3.63) is 0 Å². The maximum Gasteiger partial charge on any atom is 0.0616 e. The lowest BCUT2D eigenvalue weighted by Gasteiger charge is -2.28. The van der Waals surface area contributed by atoms with Gasteiger partial charge in [0.1, 0.15) is 0 Å². The Kier molecular flexibility index (Phi) is 7.90. The summed E-state index contributed by atoms with van der Waals surface area (Å²) in [4.78, 5) is 0. The van der Waals surface area contributed by atoms with Crippen LogP contribution < -0.4 is 5.32 Å². The van der Waals surface area contributed by atoms with Crippen molar-refractivity contribution >= 4 is 0 Å². The van der Waals surface area contributed by atoms with Crippen molar-refractivity contribution in [3.63, 3.8) is 0 Å². The second kappa shape index (κ2) is 8.01. The first-order valence-corrected chi connectivity index (χ1v) is 5.16. The zero-order chi connectivity index (χ0) is 11.7. The van der Waals surface area contributed by atoms with Crippen LogP contribution in [0.1, 0.15) is 13.3 Å². The molecule has 0 heterocycles. The smallest absolute Gasteiger partial charge is 0.0616 e. The van der Waals surface area contributed by atoms with Crippen molar-refractivity contribution in [2.45, 2.75) is 19.4 Å². The molecule has 0 saturated carbocycles. The summed E-state index contributed by atoms with van der Waals surface area (Å²) in [5.74, 6) is 0. The fourth-order valence-corrected chi connectivity index (χ4v) is 1.15. The van der Waals surface area contributed by atoms with Gasteiger partial charge < -0.3 is 25.4 Å². The van der Waals surface area contributed by atoms with Gasteiger partial charge in [0.05, 0.1) is 19.8 Å². The summed E-state index contributed by atoms with van der Waals surface area (Å²) in [7, 11) is 1.60. The zero-order valence-corrected chi connectivity index (χ0v) is 9.57. The Morgan fingerprint density at radius 2 is 1.87 bits per heavy atom. The minimum atomic E-state index is -0.526. The third-order valence-electron chi connectivity index (χ3n) is 2.43. The average Bonchev–Trinajstić information content (AvgIpc) is 2.26. The van der Waals surface area contributed by atoms with Crippen LogP contribution in [0.5, 0.6) is 0 Å². The predicted molar refractivity (Wildman–Crippen MR) is 57.6 cm³/mol. The molecule has 5 nitrogen and oxygen atoms in total. The standard InChI is InChI=1S/C10H23NO4/c1-10(7-13,8-14)6-11-9(3-4-12)5-15-2/h9,11-14H,3-8H2,1-2H3. The molecule has 1 atom stereocenters. The lowest BCUT2D eigenvalue weighted by molar-refractivity contribution is 0.0607. The third-order valence-corrected chi connectivity index (χ3v) is 2.43. The molecule has 0 radical (unpaired) electrons. The molecule has 0 aliphatic carbocycles. The molecule has 0 aromatic rings. The Morgan fingerprint density at radius 3 is 2.27 bits per heavy atom. The van der Waals surface area contributed by atoms with Gasteiger partial charge in [-0.3, -0.25) is 0 Å². The van der Waals surface area contributed by atoms with Crippen LogP contribution in [0.25, 0.3) is 0 Å². The van der Waals surface area contributed by atoms with E-state index in [1.807, 2.05) is 0 Å². The van der Waals surface area contributed by atoms with Crippen LogP contribution in [-0.2, 0) is 4.74 Å². The molecule has 0 bridgehead atoms. The van der Waals surface area contributed by atoms with Crippen LogP contribution in [0.4, 0.5) is 0 Å². The van der Waals surface area contributed by atoms with E-state index in [4.69, 9.17) is 20.1 Å². The molecule has 0 aliphatic rings. The molecule has 0 saturated heterocycles. The van der Waals surface area contributed by atoms with Crippen molar-refractivity contribution in [3.8, 4) is 0 Å². The van der Waals surface area contributed by atoms with Gasteiger partial charge in [-0.25, -0.2) is 0 Å². The van der Waals surface area contributed by atoms with Crippen LogP contribution in [-0.4, -0.2) is 61.4 Å². The molecule has 0 fully saturated rings. The molecule has 0 aromatic heterocycles. The highest BCUT2D eigenvalue weighted by Crippen LogP contribution is 2.12. The van der Waals surface area contributed by atoms with E-state index in [1.54, 1.807) is 14.0 Å². The van der Waals surface area contributed by atoms with E-state index in [1.165, 1.54) is 0 Å². The van der Waals surface area contributed by atoms with Gasteiger partial charge in [-0.2, -0.15) is 0 Å². The fraction of sp³-hybridized carbons (Fsp3) is 1.00. The molecule has 1 unspecified atom stereocenters. The Hall–Kier alpha value is -0.200. The van der Waals surface area contributed by atoms with E-state index in [9.17, 15) is 0 Å². The number of nitrogens with one attached hydrogen (secondary N) is 1. The molecule has 92 valence electrons. The van der Waals surface area contributed by atoms with Gasteiger partial charge in [0.25, 0.3) is 0 Å². The van der Waals surface area contributed by atoms with Gasteiger partial charge in [0.2, 0.25) is 0 Å². The highest BCUT2D eigenvalue weighted by molar-refractivity contribution is 4.78. The van der Waals surface area contributed by atoms with E-state index in [0.29, 0.717) is 19.6 Å². The third kappa shape index (κ3) is 6.06. The van der Waals surface area contributed by atoms with Crippen LogP contribution in [0.3, 0.4) is 0 Å². The lowest BCUT2D eigenvalue weighted by atomic mass is 9.92. The summed E-state index contributed by atoms with van der Waals surface area (Å²) in [6.45, 7) is 2.74. The highest BCUT2D eigenvalue weighted by atomic mass is 16.5. The Balaban J connectivity index is 3.95. The largest absolute Gasteiger partial charge is 0.396 e. The number of aliphatic hydroxyl groups is 3. The van der Waals surface area contributed by atoms with Crippen molar-refractivity contribution in [1.82, 2.24) is 5.32 Å². The topological polar surface area (TPSA) is 82.0 Å². The van der Waals surface area contributed by atoms with Crippen LogP contribution in [0.2, 0.25) is 0 Å². The lowest BCUT2D eigenvalue weighted by Crippen LogP contribution is -2.44. The number of aliphatic hydroxyl groups excluding tert-OH is 3. The van der Waals surface area contributed by atoms with Crippen molar-refractivity contribution in [2.24, 2.45) is 5.41 Å². The Bertz CT molecular complexity index is 144. The molecule has 0 rings (SSSR count). The molecular formula is C10H23NO4. The first-order chi connectivity index (χ1) is 7.11. The van der Waals surface area contributed by atoms with Crippen LogP contribution in [0, 0.1) is 5.41 Å². The first-order valence-electron chi connectivity index (χ1n) is 5.16. The Labute approximate surface area is 91.1 Å². The second-order valence-electron chi connectivity index (χ2n) is 4.17. The monoisotopic (exact) mass is 221 g/mol. The summed E-state index contributed by atoms with van der Waals surface area (Å²) in [6, 6.07) is 0.0532. The average molecular weight is 221 g/mol. The van der Waals surface area contributed by atoms with E-state index in [-0.39, 0.29) is 25.9 Å². The molecule has 0 amide bonds. The summed E-state index contributed by atoms with van der Waals surface area (Å²) >= 11 is 0. The molecule has 0 spiro atoms. The summed E-state index contributed by atoms with van der Waals surface area (Å²) in [5, 5.41) is 30.1. The quantitative estimate of drug-likeness (QED) is 0.400.